The molecule has 0 radical (unpaired) electrons. The number of phenols is 1. The quantitative estimate of drug-likeness (QED) is 0.846. The van der Waals surface area contributed by atoms with Gasteiger partial charge in [-0.25, -0.2) is 4.68 Å². The van der Waals surface area contributed by atoms with E-state index in [1.165, 1.54) is 0 Å². The highest BCUT2D eigenvalue weighted by Crippen LogP contribution is 2.26. The normalized spacial score (nSPS) is 10.4. The molecule has 14 heavy (non-hydrogen) atoms. The average molecular weight is 254 g/mol. The van der Waals surface area contributed by atoms with Crippen LogP contribution in [0.1, 0.15) is 0 Å². The number of aromatic nitrogens is 3. The average Bonchev–Trinajstić information content (AvgIpc) is 2.49. The summed E-state index contributed by atoms with van der Waals surface area (Å²) in [5.41, 5.74) is 1.85. The molecule has 0 spiro atoms. The van der Waals surface area contributed by atoms with E-state index in [4.69, 9.17) is 5.11 Å². The lowest BCUT2D eigenvalue weighted by Crippen LogP contribution is -1.93. The lowest BCUT2D eigenvalue weighted by atomic mass is 10.1. The number of aryl methyl sites for hydroxylation is 1. The molecular formula is C9H8BrN3O. The fraction of sp³-hybridized carbons (Fsp3) is 0.111. The summed E-state index contributed by atoms with van der Waals surface area (Å²) in [5, 5.41) is 16.9. The van der Waals surface area contributed by atoms with Crippen LogP contribution >= 0.6 is 15.9 Å². The number of rotatable bonds is 1. The van der Waals surface area contributed by atoms with Crippen LogP contribution in [0.3, 0.4) is 0 Å². The van der Waals surface area contributed by atoms with Gasteiger partial charge in [-0.3, -0.25) is 0 Å². The summed E-state index contributed by atoms with van der Waals surface area (Å²) in [4.78, 5) is 0. The maximum Gasteiger partial charge on any atom is 0.156 e. The second-order valence-electron chi connectivity index (χ2n) is 2.90. The molecule has 5 heteroatoms. The third-order valence-corrected chi connectivity index (χ3v) is 2.46. The fourth-order valence-corrected chi connectivity index (χ4v) is 1.81. The molecule has 0 aliphatic rings. The van der Waals surface area contributed by atoms with E-state index in [0.717, 1.165) is 11.3 Å². The fourth-order valence-electron chi connectivity index (χ4n) is 1.26. The predicted octanol–water partition coefficient (Wildman–Crippen LogP) is 1.95. The minimum absolute atomic E-state index is 0.250. The van der Waals surface area contributed by atoms with Gasteiger partial charge >= 0.3 is 0 Å². The molecule has 0 unspecified atom stereocenters. The summed E-state index contributed by atoms with van der Waals surface area (Å²) in [7, 11) is 1.82. The lowest BCUT2D eigenvalue weighted by Gasteiger charge is -2.01. The predicted molar refractivity (Wildman–Crippen MR) is 55.8 cm³/mol. The molecule has 4 nitrogen and oxygen atoms in total. The van der Waals surface area contributed by atoms with Crippen molar-refractivity contribution >= 4 is 15.9 Å². The maximum absolute atomic E-state index is 9.14. The van der Waals surface area contributed by atoms with Crippen molar-refractivity contribution in [3.63, 3.8) is 0 Å². The van der Waals surface area contributed by atoms with E-state index < -0.39 is 0 Å². The van der Waals surface area contributed by atoms with Crippen LogP contribution in [0.15, 0.2) is 28.9 Å². The minimum Gasteiger partial charge on any atom is -0.508 e. The van der Waals surface area contributed by atoms with Crippen LogP contribution in [0.5, 0.6) is 5.75 Å². The number of phenolic OH excluding ortho intramolecular Hbond substituents is 1. The molecule has 1 aromatic heterocycles. The Labute approximate surface area is 89.3 Å². The molecular weight excluding hydrogens is 246 g/mol. The molecule has 0 fully saturated rings. The number of aromatic hydroxyl groups is 1. The first-order valence-electron chi connectivity index (χ1n) is 4.03. The molecule has 0 atom stereocenters. The molecule has 0 saturated heterocycles. The van der Waals surface area contributed by atoms with Crippen molar-refractivity contribution in [3.05, 3.63) is 28.9 Å². The van der Waals surface area contributed by atoms with E-state index in [2.05, 4.69) is 26.2 Å². The Morgan fingerprint density at radius 1 is 1.29 bits per heavy atom. The highest BCUT2D eigenvalue weighted by molar-refractivity contribution is 9.10. The summed E-state index contributed by atoms with van der Waals surface area (Å²) < 4.78 is 2.38. The van der Waals surface area contributed by atoms with Gasteiger partial charge in [0.25, 0.3) is 0 Å². The number of hydrogen-bond acceptors (Lipinski definition) is 3. The Morgan fingerprint density at radius 2 is 1.93 bits per heavy atom. The van der Waals surface area contributed by atoms with E-state index in [9.17, 15) is 0 Å². The smallest absolute Gasteiger partial charge is 0.156 e. The molecule has 72 valence electrons. The molecule has 0 amide bonds. The van der Waals surface area contributed by atoms with Gasteiger partial charge in [0.15, 0.2) is 4.60 Å². The van der Waals surface area contributed by atoms with Crippen molar-refractivity contribution in [2.45, 2.75) is 0 Å². The molecule has 1 aromatic carbocycles. The van der Waals surface area contributed by atoms with Crippen LogP contribution in [-0.4, -0.2) is 20.1 Å². The van der Waals surface area contributed by atoms with Crippen LogP contribution in [0, 0.1) is 0 Å². The Morgan fingerprint density at radius 3 is 2.43 bits per heavy atom. The summed E-state index contributed by atoms with van der Waals surface area (Å²) in [6, 6.07) is 6.90. The standard InChI is InChI=1S/C9H8BrN3O/c1-13-8(9(10)11-12-13)6-2-4-7(14)5-3-6/h2-5,14H,1H3. The largest absolute Gasteiger partial charge is 0.508 e. The van der Waals surface area contributed by atoms with Gasteiger partial charge in [-0.1, -0.05) is 5.21 Å². The van der Waals surface area contributed by atoms with Crippen LogP contribution < -0.4 is 0 Å². The van der Waals surface area contributed by atoms with E-state index in [1.807, 2.05) is 19.2 Å². The Bertz CT molecular complexity index is 430. The third-order valence-electron chi connectivity index (χ3n) is 1.93. The summed E-state index contributed by atoms with van der Waals surface area (Å²) in [6.45, 7) is 0. The van der Waals surface area contributed by atoms with Gasteiger partial charge in [0.2, 0.25) is 0 Å². The molecule has 0 bridgehead atoms. The van der Waals surface area contributed by atoms with Crippen LogP contribution in [-0.2, 0) is 7.05 Å². The first-order chi connectivity index (χ1) is 6.68. The van der Waals surface area contributed by atoms with Crippen molar-refractivity contribution in [1.29, 1.82) is 0 Å². The minimum atomic E-state index is 0.250. The molecule has 1 N–H and O–H groups in total. The van der Waals surface area contributed by atoms with Gasteiger partial charge in [-0.2, -0.15) is 0 Å². The number of benzene rings is 1. The number of nitrogens with zero attached hydrogens (tertiary/aromatic N) is 3. The Balaban J connectivity index is 2.54. The summed E-state index contributed by atoms with van der Waals surface area (Å²) in [5.74, 6) is 0.250. The highest BCUT2D eigenvalue weighted by Gasteiger charge is 2.09. The lowest BCUT2D eigenvalue weighted by molar-refractivity contribution is 0.475. The monoisotopic (exact) mass is 253 g/mol. The van der Waals surface area contributed by atoms with Gasteiger partial charge < -0.3 is 5.11 Å². The van der Waals surface area contributed by atoms with Crippen molar-refractivity contribution in [3.8, 4) is 17.0 Å². The van der Waals surface area contributed by atoms with E-state index in [1.54, 1.807) is 16.8 Å². The molecule has 0 saturated carbocycles. The molecule has 0 aliphatic carbocycles. The maximum atomic E-state index is 9.14. The van der Waals surface area contributed by atoms with E-state index in [0.29, 0.717) is 4.60 Å². The zero-order chi connectivity index (χ0) is 10.1. The number of halogens is 1. The third kappa shape index (κ3) is 1.50. The van der Waals surface area contributed by atoms with Crippen molar-refractivity contribution in [2.75, 3.05) is 0 Å². The molecule has 2 aromatic rings. The first kappa shape index (κ1) is 9.21. The van der Waals surface area contributed by atoms with Crippen LogP contribution in [0.2, 0.25) is 0 Å². The molecule has 2 rings (SSSR count). The molecule has 0 aliphatic heterocycles. The van der Waals surface area contributed by atoms with Crippen LogP contribution in [0.25, 0.3) is 11.3 Å². The van der Waals surface area contributed by atoms with E-state index >= 15 is 0 Å². The summed E-state index contributed by atoms with van der Waals surface area (Å²) >= 11 is 3.32. The van der Waals surface area contributed by atoms with Crippen LogP contribution in [0.4, 0.5) is 0 Å². The van der Waals surface area contributed by atoms with Gasteiger partial charge in [0, 0.05) is 12.6 Å². The van der Waals surface area contributed by atoms with Gasteiger partial charge in [0.05, 0.1) is 0 Å². The second-order valence-corrected chi connectivity index (χ2v) is 3.65. The van der Waals surface area contributed by atoms with Crippen molar-refractivity contribution < 1.29 is 5.11 Å². The zero-order valence-corrected chi connectivity index (χ0v) is 9.06. The SMILES string of the molecule is Cn1nnc(Br)c1-c1ccc(O)cc1. The van der Waals surface area contributed by atoms with Crippen molar-refractivity contribution in [2.24, 2.45) is 7.05 Å². The Kier molecular flexibility index (Phi) is 2.25. The van der Waals surface area contributed by atoms with Gasteiger partial charge in [-0.05, 0) is 40.2 Å². The summed E-state index contributed by atoms with van der Waals surface area (Å²) in [6.07, 6.45) is 0. The zero-order valence-electron chi connectivity index (χ0n) is 7.48. The van der Waals surface area contributed by atoms with Gasteiger partial charge in [0.1, 0.15) is 11.4 Å². The number of hydrogen-bond donors (Lipinski definition) is 1. The van der Waals surface area contributed by atoms with Crippen molar-refractivity contribution in [1.82, 2.24) is 15.0 Å². The molecule has 1 heterocycles. The Hall–Kier alpha value is -1.36. The van der Waals surface area contributed by atoms with E-state index in [-0.39, 0.29) is 5.75 Å². The first-order valence-corrected chi connectivity index (χ1v) is 4.82. The highest BCUT2D eigenvalue weighted by atomic mass is 79.9. The topological polar surface area (TPSA) is 50.9 Å². The van der Waals surface area contributed by atoms with Gasteiger partial charge in [-0.15, -0.1) is 5.10 Å². The second kappa shape index (κ2) is 3.42.